The van der Waals surface area contributed by atoms with E-state index in [1.807, 2.05) is 6.07 Å². The van der Waals surface area contributed by atoms with E-state index in [2.05, 4.69) is 10.3 Å². The summed E-state index contributed by atoms with van der Waals surface area (Å²) >= 11 is 0. The van der Waals surface area contributed by atoms with Gasteiger partial charge in [-0.1, -0.05) is 0 Å². The maximum Gasteiger partial charge on any atom is 0.321 e. The number of anilines is 1. The molecule has 0 radical (unpaired) electrons. The topological polar surface area (TPSA) is 48.1 Å². The number of hydrogen-bond donors (Lipinski definition) is 2. The monoisotopic (exact) mass is 153 g/mol. The third-order valence-electron chi connectivity index (χ3n) is 1.49. The van der Waals surface area contributed by atoms with Crippen LogP contribution in [-0.4, -0.2) is 25.1 Å². The molecule has 2 N–H and O–H groups in total. The molecule has 0 spiro atoms. The summed E-state index contributed by atoms with van der Waals surface area (Å²) in [5.74, 6) is 0. The molecule has 1 aromatic heterocycles. The van der Waals surface area contributed by atoms with Crippen LogP contribution in [0.15, 0.2) is 18.5 Å². The molecule has 1 heterocycles. The van der Waals surface area contributed by atoms with E-state index in [-0.39, 0.29) is 6.03 Å². The standard InChI is InChI=1S/C7H11N3O/c1-8-7(11)10(2)6-3-4-9-5-6/h3-5,9H,1-2H3,(H,8,11). The molecule has 4 heteroatoms. The number of urea groups is 1. The largest absolute Gasteiger partial charge is 0.366 e. The third kappa shape index (κ3) is 1.52. The highest BCUT2D eigenvalue weighted by atomic mass is 16.2. The second-order valence-electron chi connectivity index (χ2n) is 2.18. The summed E-state index contributed by atoms with van der Waals surface area (Å²) < 4.78 is 0. The molecule has 0 bridgehead atoms. The first-order chi connectivity index (χ1) is 5.25. The van der Waals surface area contributed by atoms with Crippen LogP contribution in [0.1, 0.15) is 0 Å². The Balaban J connectivity index is 2.70. The number of carbonyl (C=O) groups is 1. The predicted molar refractivity (Wildman–Crippen MR) is 43.7 cm³/mol. The average Bonchev–Trinajstić information content (AvgIpc) is 2.53. The minimum atomic E-state index is -0.121. The van der Waals surface area contributed by atoms with E-state index in [0.29, 0.717) is 0 Å². The highest BCUT2D eigenvalue weighted by Crippen LogP contribution is 2.09. The van der Waals surface area contributed by atoms with Gasteiger partial charge in [0.1, 0.15) is 0 Å². The molecule has 4 nitrogen and oxygen atoms in total. The van der Waals surface area contributed by atoms with Gasteiger partial charge in [0.15, 0.2) is 0 Å². The Morgan fingerprint density at radius 3 is 2.91 bits per heavy atom. The van der Waals surface area contributed by atoms with E-state index in [1.165, 1.54) is 4.90 Å². The van der Waals surface area contributed by atoms with Gasteiger partial charge in [-0.2, -0.15) is 0 Å². The first-order valence-electron chi connectivity index (χ1n) is 3.34. The summed E-state index contributed by atoms with van der Waals surface area (Å²) in [6.07, 6.45) is 3.53. The van der Waals surface area contributed by atoms with Gasteiger partial charge in [-0.3, -0.25) is 4.90 Å². The maximum absolute atomic E-state index is 11.0. The molecule has 0 unspecified atom stereocenters. The Morgan fingerprint density at radius 1 is 1.73 bits per heavy atom. The molecule has 0 fully saturated rings. The molecule has 60 valence electrons. The lowest BCUT2D eigenvalue weighted by molar-refractivity contribution is 0.249. The van der Waals surface area contributed by atoms with Crippen LogP contribution in [0.3, 0.4) is 0 Å². The lowest BCUT2D eigenvalue weighted by atomic mass is 10.5. The van der Waals surface area contributed by atoms with Gasteiger partial charge >= 0.3 is 6.03 Å². The summed E-state index contributed by atoms with van der Waals surface area (Å²) in [5, 5.41) is 2.53. The van der Waals surface area contributed by atoms with E-state index in [9.17, 15) is 4.79 Å². The normalized spacial score (nSPS) is 9.27. The zero-order valence-corrected chi connectivity index (χ0v) is 6.59. The van der Waals surface area contributed by atoms with E-state index >= 15 is 0 Å². The molecule has 0 aliphatic rings. The number of aromatic amines is 1. The first-order valence-corrected chi connectivity index (χ1v) is 3.34. The number of carbonyl (C=O) groups excluding carboxylic acids is 1. The fraction of sp³-hybridized carbons (Fsp3) is 0.286. The summed E-state index contributed by atoms with van der Waals surface area (Å²) in [6, 6.07) is 1.71. The van der Waals surface area contributed by atoms with Crippen molar-refractivity contribution in [3.63, 3.8) is 0 Å². The van der Waals surface area contributed by atoms with Crippen molar-refractivity contribution >= 4 is 11.7 Å². The molecule has 1 aromatic rings. The van der Waals surface area contributed by atoms with Crippen molar-refractivity contribution in [2.75, 3.05) is 19.0 Å². The van der Waals surface area contributed by atoms with Gasteiger partial charge in [0.25, 0.3) is 0 Å². The minimum absolute atomic E-state index is 0.121. The van der Waals surface area contributed by atoms with Gasteiger partial charge in [0.2, 0.25) is 0 Å². The average molecular weight is 153 g/mol. The van der Waals surface area contributed by atoms with Crippen LogP contribution in [0.2, 0.25) is 0 Å². The third-order valence-corrected chi connectivity index (χ3v) is 1.49. The van der Waals surface area contributed by atoms with Gasteiger partial charge in [-0.15, -0.1) is 0 Å². The van der Waals surface area contributed by atoms with Gasteiger partial charge in [-0.05, 0) is 6.07 Å². The quantitative estimate of drug-likeness (QED) is 0.615. The molecule has 0 aliphatic heterocycles. The molecule has 2 amide bonds. The van der Waals surface area contributed by atoms with Crippen LogP contribution >= 0.6 is 0 Å². The SMILES string of the molecule is CNC(=O)N(C)c1cc[nH]c1. The number of aromatic nitrogens is 1. The van der Waals surface area contributed by atoms with Gasteiger partial charge < -0.3 is 10.3 Å². The van der Waals surface area contributed by atoms with Crippen molar-refractivity contribution in [1.82, 2.24) is 10.3 Å². The van der Waals surface area contributed by atoms with E-state index in [1.54, 1.807) is 26.5 Å². The highest BCUT2D eigenvalue weighted by Gasteiger charge is 2.06. The second-order valence-corrected chi connectivity index (χ2v) is 2.18. The Morgan fingerprint density at radius 2 is 2.45 bits per heavy atom. The number of H-pyrrole nitrogens is 1. The molecular formula is C7H11N3O. The van der Waals surface area contributed by atoms with Crippen LogP contribution in [0.5, 0.6) is 0 Å². The van der Waals surface area contributed by atoms with Crippen LogP contribution < -0.4 is 10.2 Å². The molecule has 0 atom stereocenters. The number of rotatable bonds is 1. The summed E-state index contributed by atoms with van der Waals surface area (Å²) in [5.41, 5.74) is 0.851. The second kappa shape index (κ2) is 3.09. The van der Waals surface area contributed by atoms with E-state index in [0.717, 1.165) is 5.69 Å². The number of hydrogen-bond acceptors (Lipinski definition) is 1. The van der Waals surface area contributed by atoms with E-state index < -0.39 is 0 Å². The van der Waals surface area contributed by atoms with Gasteiger partial charge in [0, 0.05) is 26.5 Å². The Hall–Kier alpha value is -1.45. The van der Waals surface area contributed by atoms with Gasteiger partial charge in [0.05, 0.1) is 5.69 Å². The van der Waals surface area contributed by atoms with Crippen molar-refractivity contribution < 1.29 is 4.79 Å². The molecule has 1 rings (SSSR count). The summed E-state index contributed by atoms with van der Waals surface area (Å²) in [4.78, 5) is 15.4. The van der Waals surface area contributed by atoms with Crippen molar-refractivity contribution in [2.24, 2.45) is 0 Å². The van der Waals surface area contributed by atoms with Crippen molar-refractivity contribution in [2.45, 2.75) is 0 Å². The fourth-order valence-electron chi connectivity index (χ4n) is 0.809. The zero-order chi connectivity index (χ0) is 8.27. The summed E-state index contributed by atoms with van der Waals surface area (Å²) in [6.45, 7) is 0. The molecule has 0 aromatic carbocycles. The fourth-order valence-corrected chi connectivity index (χ4v) is 0.809. The van der Waals surface area contributed by atoms with E-state index in [4.69, 9.17) is 0 Å². The van der Waals surface area contributed by atoms with Crippen molar-refractivity contribution in [3.05, 3.63) is 18.5 Å². The Bertz CT molecular complexity index is 230. The highest BCUT2D eigenvalue weighted by molar-refractivity contribution is 5.90. The van der Waals surface area contributed by atoms with Crippen molar-refractivity contribution in [1.29, 1.82) is 0 Å². The maximum atomic E-state index is 11.0. The number of amides is 2. The lowest BCUT2D eigenvalue weighted by Crippen LogP contribution is -2.34. The number of nitrogens with one attached hydrogen (secondary N) is 2. The Labute approximate surface area is 65.2 Å². The molecule has 11 heavy (non-hydrogen) atoms. The Kier molecular flexibility index (Phi) is 2.15. The molecule has 0 saturated heterocycles. The first kappa shape index (κ1) is 7.65. The minimum Gasteiger partial charge on any atom is -0.366 e. The predicted octanol–water partition coefficient (Wildman–Crippen LogP) is 0.790. The van der Waals surface area contributed by atoms with Crippen molar-refractivity contribution in [3.8, 4) is 0 Å². The molecule has 0 saturated carbocycles. The smallest absolute Gasteiger partial charge is 0.321 e. The van der Waals surface area contributed by atoms with Crippen LogP contribution in [0.25, 0.3) is 0 Å². The number of nitrogens with zero attached hydrogens (tertiary/aromatic N) is 1. The molecular weight excluding hydrogens is 142 g/mol. The lowest BCUT2D eigenvalue weighted by Gasteiger charge is -2.13. The van der Waals surface area contributed by atoms with Gasteiger partial charge in [-0.25, -0.2) is 4.79 Å². The van der Waals surface area contributed by atoms with Crippen LogP contribution in [0, 0.1) is 0 Å². The van der Waals surface area contributed by atoms with Crippen LogP contribution in [-0.2, 0) is 0 Å². The zero-order valence-electron chi connectivity index (χ0n) is 6.59. The van der Waals surface area contributed by atoms with Crippen LogP contribution in [0.4, 0.5) is 10.5 Å². The summed E-state index contributed by atoms with van der Waals surface area (Å²) in [7, 11) is 3.31. The molecule has 0 aliphatic carbocycles.